The zero-order valence-corrected chi connectivity index (χ0v) is 8.32. The van der Waals surface area contributed by atoms with E-state index in [9.17, 15) is 13.2 Å². The number of nitrogens with two attached hydrogens (primary N) is 1. The van der Waals surface area contributed by atoms with Gasteiger partial charge in [-0.2, -0.15) is 5.26 Å². The zero-order valence-electron chi connectivity index (χ0n) is 7.51. The van der Waals surface area contributed by atoms with E-state index in [1.165, 1.54) is 0 Å². The summed E-state index contributed by atoms with van der Waals surface area (Å²) in [6.07, 6.45) is -0.195. The standard InChI is InChI=1S/C9H7F3N2.ClH/c10-5-3-6(8(14)1-2-13)9(12)7(11)4-5;/h3-4,8H,1,14H2;1H/t8-;/m1./s1. The number of nitrogens with zero attached hydrogens (tertiary/aromatic N) is 1. The molecule has 1 rings (SSSR count). The van der Waals surface area contributed by atoms with Crippen molar-refractivity contribution in [3.05, 3.63) is 35.1 Å². The fourth-order valence-corrected chi connectivity index (χ4v) is 1.05. The van der Waals surface area contributed by atoms with Gasteiger partial charge in [-0.15, -0.1) is 12.4 Å². The molecule has 1 aromatic carbocycles. The number of hydrogen-bond acceptors (Lipinski definition) is 2. The van der Waals surface area contributed by atoms with Crippen molar-refractivity contribution in [2.45, 2.75) is 12.5 Å². The Morgan fingerprint density at radius 1 is 1.33 bits per heavy atom. The van der Waals surface area contributed by atoms with E-state index in [0.29, 0.717) is 6.07 Å². The smallest absolute Gasteiger partial charge is 0.163 e. The summed E-state index contributed by atoms with van der Waals surface area (Å²) in [7, 11) is 0. The van der Waals surface area contributed by atoms with Crippen LogP contribution in [0.5, 0.6) is 0 Å². The lowest BCUT2D eigenvalue weighted by molar-refractivity contribution is 0.475. The number of rotatable bonds is 2. The summed E-state index contributed by atoms with van der Waals surface area (Å²) < 4.78 is 38.4. The van der Waals surface area contributed by atoms with E-state index in [1.54, 1.807) is 6.07 Å². The molecule has 0 fully saturated rings. The number of hydrogen-bond donors (Lipinski definition) is 1. The van der Waals surface area contributed by atoms with Crippen molar-refractivity contribution in [2.75, 3.05) is 0 Å². The second-order valence-corrected chi connectivity index (χ2v) is 2.76. The van der Waals surface area contributed by atoms with Gasteiger partial charge in [-0.05, 0) is 6.07 Å². The molecule has 2 nitrogen and oxygen atoms in total. The van der Waals surface area contributed by atoms with Gasteiger partial charge >= 0.3 is 0 Å². The maximum atomic E-state index is 13.0. The topological polar surface area (TPSA) is 49.8 Å². The number of halogens is 4. The molecule has 0 bridgehead atoms. The maximum Gasteiger partial charge on any atom is 0.163 e. The highest BCUT2D eigenvalue weighted by Crippen LogP contribution is 2.21. The molecule has 1 aromatic rings. The lowest BCUT2D eigenvalue weighted by atomic mass is 10.0. The van der Waals surface area contributed by atoms with Gasteiger partial charge in [0.15, 0.2) is 11.6 Å². The van der Waals surface area contributed by atoms with Crippen molar-refractivity contribution in [1.29, 1.82) is 5.26 Å². The first-order chi connectivity index (χ1) is 6.56. The Morgan fingerprint density at radius 3 is 2.47 bits per heavy atom. The van der Waals surface area contributed by atoms with Gasteiger partial charge < -0.3 is 5.73 Å². The predicted molar refractivity (Wildman–Crippen MR) is 50.7 cm³/mol. The van der Waals surface area contributed by atoms with E-state index in [4.69, 9.17) is 11.0 Å². The lowest BCUT2D eigenvalue weighted by Crippen LogP contribution is -2.12. The first-order valence-electron chi connectivity index (χ1n) is 3.83. The summed E-state index contributed by atoms with van der Waals surface area (Å²) >= 11 is 0. The second-order valence-electron chi connectivity index (χ2n) is 2.76. The van der Waals surface area contributed by atoms with Gasteiger partial charge in [-0.3, -0.25) is 0 Å². The maximum absolute atomic E-state index is 13.0. The molecule has 6 heteroatoms. The summed E-state index contributed by atoms with van der Waals surface area (Å²) in [6.45, 7) is 0. The van der Waals surface area contributed by atoms with E-state index < -0.39 is 23.5 Å². The molecule has 15 heavy (non-hydrogen) atoms. The SMILES string of the molecule is Cl.N#CC[C@@H](N)c1cc(F)cc(F)c1F. The van der Waals surface area contributed by atoms with Crippen molar-refractivity contribution in [2.24, 2.45) is 5.73 Å². The number of nitriles is 1. The second kappa shape index (κ2) is 5.59. The van der Waals surface area contributed by atoms with Gasteiger partial charge in [-0.1, -0.05) is 0 Å². The normalized spacial score (nSPS) is 11.4. The highest BCUT2D eigenvalue weighted by Gasteiger charge is 2.16. The fraction of sp³-hybridized carbons (Fsp3) is 0.222. The van der Waals surface area contributed by atoms with Crippen molar-refractivity contribution in [3.8, 4) is 6.07 Å². The highest BCUT2D eigenvalue weighted by atomic mass is 35.5. The monoisotopic (exact) mass is 236 g/mol. The Balaban J connectivity index is 0.00000196. The third-order valence-electron chi connectivity index (χ3n) is 1.73. The summed E-state index contributed by atoms with van der Waals surface area (Å²) in [5, 5.41) is 8.29. The molecule has 0 aliphatic rings. The quantitative estimate of drug-likeness (QED) is 0.802. The van der Waals surface area contributed by atoms with Crippen molar-refractivity contribution in [3.63, 3.8) is 0 Å². The molecule has 0 aliphatic heterocycles. The summed E-state index contributed by atoms with van der Waals surface area (Å²) in [6, 6.07) is 1.91. The average molecular weight is 237 g/mol. The van der Waals surface area contributed by atoms with Crippen molar-refractivity contribution < 1.29 is 13.2 Å². The van der Waals surface area contributed by atoms with Gasteiger partial charge in [-0.25, -0.2) is 13.2 Å². The van der Waals surface area contributed by atoms with Crippen LogP contribution in [-0.2, 0) is 0 Å². The lowest BCUT2D eigenvalue weighted by Gasteiger charge is -2.09. The number of benzene rings is 1. The van der Waals surface area contributed by atoms with E-state index in [2.05, 4.69) is 0 Å². The van der Waals surface area contributed by atoms with Gasteiger partial charge in [0.05, 0.1) is 12.5 Å². The van der Waals surface area contributed by atoms with Crippen LogP contribution >= 0.6 is 12.4 Å². The third-order valence-corrected chi connectivity index (χ3v) is 1.73. The van der Waals surface area contributed by atoms with E-state index >= 15 is 0 Å². The molecule has 2 N–H and O–H groups in total. The molecule has 0 heterocycles. The van der Waals surface area contributed by atoms with E-state index in [-0.39, 0.29) is 24.4 Å². The Labute approximate surface area is 90.9 Å². The Hall–Kier alpha value is -1.25. The molecule has 0 saturated heterocycles. The van der Waals surface area contributed by atoms with Gasteiger partial charge in [0, 0.05) is 17.7 Å². The Morgan fingerprint density at radius 2 is 1.93 bits per heavy atom. The summed E-state index contributed by atoms with van der Waals surface area (Å²) in [5.74, 6) is -3.41. The molecule has 0 spiro atoms. The minimum Gasteiger partial charge on any atom is -0.323 e. The van der Waals surface area contributed by atoms with Crippen LogP contribution in [0.1, 0.15) is 18.0 Å². The van der Waals surface area contributed by atoms with E-state index in [1.807, 2.05) is 0 Å². The van der Waals surface area contributed by atoms with Crippen LogP contribution in [0, 0.1) is 28.8 Å². The van der Waals surface area contributed by atoms with Crippen LogP contribution in [0.2, 0.25) is 0 Å². The first-order valence-corrected chi connectivity index (χ1v) is 3.83. The third kappa shape index (κ3) is 3.11. The van der Waals surface area contributed by atoms with Crippen molar-refractivity contribution >= 4 is 12.4 Å². The van der Waals surface area contributed by atoms with Crippen LogP contribution in [-0.4, -0.2) is 0 Å². The minimum atomic E-state index is -1.30. The highest BCUT2D eigenvalue weighted by molar-refractivity contribution is 5.85. The van der Waals surface area contributed by atoms with Crippen LogP contribution in [0.15, 0.2) is 12.1 Å². The molecule has 0 aromatic heterocycles. The largest absolute Gasteiger partial charge is 0.323 e. The Kier molecular flexibility index (Phi) is 5.12. The van der Waals surface area contributed by atoms with Crippen LogP contribution in [0.3, 0.4) is 0 Å². The molecular formula is C9H8ClF3N2. The molecule has 0 aliphatic carbocycles. The molecule has 1 atom stereocenters. The van der Waals surface area contributed by atoms with Crippen molar-refractivity contribution in [1.82, 2.24) is 0 Å². The zero-order chi connectivity index (χ0) is 10.7. The van der Waals surface area contributed by atoms with Crippen LogP contribution in [0.25, 0.3) is 0 Å². The predicted octanol–water partition coefficient (Wildman–Crippen LogP) is 2.44. The van der Waals surface area contributed by atoms with Gasteiger partial charge in [0.1, 0.15) is 5.82 Å². The van der Waals surface area contributed by atoms with Crippen LogP contribution in [0.4, 0.5) is 13.2 Å². The minimum absolute atomic E-state index is 0. The molecule has 0 unspecified atom stereocenters. The molecule has 0 radical (unpaired) electrons. The van der Waals surface area contributed by atoms with Crippen LogP contribution < -0.4 is 5.73 Å². The summed E-state index contributed by atoms with van der Waals surface area (Å²) in [5.41, 5.74) is 5.03. The molecule has 0 saturated carbocycles. The molecule has 82 valence electrons. The average Bonchev–Trinajstić information content (AvgIpc) is 2.11. The van der Waals surface area contributed by atoms with Gasteiger partial charge in [0.25, 0.3) is 0 Å². The van der Waals surface area contributed by atoms with E-state index in [0.717, 1.165) is 6.07 Å². The molecule has 0 amide bonds. The molecular weight excluding hydrogens is 229 g/mol. The fourth-order valence-electron chi connectivity index (χ4n) is 1.05. The Bertz CT molecular complexity index is 390. The first kappa shape index (κ1) is 13.8. The summed E-state index contributed by atoms with van der Waals surface area (Å²) in [4.78, 5) is 0. The van der Waals surface area contributed by atoms with Gasteiger partial charge in [0.2, 0.25) is 0 Å².